The van der Waals surface area contributed by atoms with Gasteiger partial charge in [-0.3, -0.25) is 4.79 Å². The third kappa shape index (κ3) is 4.50. The Hall–Kier alpha value is -4.34. The molecule has 37 heavy (non-hydrogen) atoms. The smallest absolute Gasteiger partial charge is 0.339 e. The van der Waals surface area contributed by atoms with Crippen molar-refractivity contribution in [3.8, 4) is 5.75 Å². The Morgan fingerprint density at radius 3 is 2.62 bits per heavy atom. The number of ether oxygens (including phenoxy) is 1. The highest BCUT2D eigenvalue weighted by atomic mass is 19.2. The van der Waals surface area contributed by atoms with Crippen LogP contribution in [0.1, 0.15) is 32.7 Å². The van der Waals surface area contributed by atoms with Crippen LogP contribution in [0.4, 0.5) is 13.2 Å². The predicted octanol–water partition coefficient (Wildman–Crippen LogP) is 4.34. The van der Waals surface area contributed by atoms with Gasteiger partial charge in [0, 0.05) is 35.5 Å². The van der Waals surface area contributed by atoms with E-state index in [1.54, 1.807) is 27.8 Å². The molecule has 0 atom stereocenters. The van der Waals surface area contributed by atoms with Gasteiger partial charge in [-0.25, -0.2) is 22.9 Å². The first-order valence-corrected chi connectivity index (χ1v) is 11.5. The zero-order valence-electron chi connectivity index (χ0n) is 19.8. The standard InChI is InChI=1S/C27H22F3N3O4/c1-37-24-9-15(4-5-19(24)27(35)36)10-25(34)32-8-6-17-18-3-2-7-31-26(18)33(23(17)14-32)13-16-11-21(29)22(30)12-20(16)28/h2-5,7,9,11-12H,6,8,10,13-14H2,1H3,(H,35,36). The Kier molecular flexibility index (Phi) is 6.32. The number of hydrogen-bond donors (Lipinski definition) is 1. The van der Waals surface area contributed by atoms with Gasteiger partial charge >= 0.3 is 5.97 Å². The average Bonchev–Trinajstić information content (AvgIpc) is 3.19. The molecule has 1 aliphatic heterocycles. The van der Waals surface area contributed by atoms with Gasteiger partial charge in [0.25, 0.3) is 0 Å². The highest BCUT2D eigenvalue weighted by molar-refractivity contribution is 5.91. The van der Waals surface area contributed by atoms with Crippen LogP contribution in [0.25, 0.3) is 11.0 Å². The van der Waals surface area contributed by atoms with Crippen LogP contribution in [-0.4, -0.2) is 45.1 Å². The van der Waals surface area contributed by atoms with Crippen molar-refractivity contribution in [1.29, 1.82) is 0 Å². The number of benzene rings is 2. The number of carboxylic acid groups (broad SMARTS) is 1. The van der Waals surface area contributed by atoms with Crippen LogP contribution < -0.4 is 4.74 Å². The van der Waals surface area contributed by atoms with Crippen LogP contribution in [0.5, 0.6) is 5.75 Å². The minimum Gasteiger partial charge on any atom is -0.496 e. The molecule has 2 aromatic heterocycles. The zero-order valence-corrected chi connectivity index (χ0v) is 19.8. The van der Waals surface area contributed by atoms with E-state index in [9.17, 15) is 27.9 Å². The van der Waals surface area contributed by atoms with E-state index in [1.165, 1.54) is 19.2 Å². The molecule has 3 heterocycles. The molecule has 5 rings (SSSR count). The Morgan fingerprint density at radius 1 is 1.08 bits per heavy atom. The lowest BCUT2D eigenvalue weighted by atomic mass is 10.0. The fourth-order valence-electron chi connectivity index (χ4n) is 4.81. The molecule has 2 aromatic carbocycles. The number of carbonyl (C=O) groups excluding carboxylic acids is 1. The number of aromatic carboxylic acids is 1. The summed E-state index contributed by atoms with van der Waals surface area (Å²) in [6.45, 7) is 0.589. The van der Waals surface area contributed by atoms with Crippen LogP contribution >= 0.6 is 0 Å². The molecular weight excluding hydrogens is 487 g/mol. The number of hydrogen-bond acceptors (Lipinski definition) is 4. The summed E-state index contributed by atoms with van der Waals surface area (Å²) in [4.78, 5) is 30.7. The van der Waals surface area contributed by atoms with E-state index in [0.717, 1.165) is 22.7 Å². The lowest BCUT2D eigenvalue weighted by Crippen LogP contribution is -2.37. The molecule has 0 aliphatic carbocycles. The van der Waals surface area contributed by atoms with E-state index >= 15 is 0 Å². The quantitative estimate of drug-likeness (QED) is 0.391. The second-order valence-corrected chi connectivity index (χ2v) is 8.83. The maximum Gasteiger partial charge on any atom is 0.339 e. The van der Waals surface area contributed by atoms with Crippen LogP contribution in [0, 0.1) is 17.5 Å². The molecule has 0 unspecified atom stereocenters. The summed E-state index contributed by atoms with van der Waals surface area (Å²) in [5.41, 5.74) is 2.86. The van der Waals surface area contributed by atoms with E-state index in [0.29, 0.717) is 30.2 Å². The van der Waals surface area contributed by atoms with Crippen molar-refractivity contribution in [2.75, 3.05) is 13.7 Å². The van der Waals surface area contributed by atoms with Crippen LogP contribution in [0.3, 0.4) is 0 Å². The molecule has 0 bridgehead atoms. The third-order valence-electron chi connectivity index (χ3n) is 6.64. The maximum atomic E-state index is 14.5. The van der Waals surface area contributed by atoms with Crippen molar-refractivity contribution in [2.24, 2.45) is 0 Å². The summed E-state index contributed by atoms with van der Waals surface area (Å²) in [6, 6.07) is 9.55. The van der Waals surface area contributed by atoms with Gasteiger partial charge in [0.2, 0.25) is 5.91 Å². The minimum absolute atomic E-state index is 0.00259. The summed E-state index contributed by atoms with van der Waals surface area (Å²) >= 11 is 0. The van der Waals surface area contributed by atoms with Gasteiger partial charge in [-0.15, -0.1) is 0 Å². The zero-order chi connectivity index (χ0) is 26.3. The van der Waals surface area contributed by atoms with Crippen molar-refractivity contribution in [2.45, 2.75) is 25.9 Å². The first-order valence-electron chi connectivity index (χ1n) is 11.5. The third-order valence-corrected chi connectivity index (χ3v) is 6.64. The fourth-order valence-corrected chi connectivity index (χ4v) is 4.81. The van der Waals surface area contributed by atoms with Gasteiger partial charge < -0.3 is 19.3 Å². The van der Waals surface area contributed by atoms with Crippen LogP contribution in [0.15, 0.2) is 48.7 Å². The number of carboxylic acids is 1. The van der Waals surface area contributed by atoms with E-state index in [4.69, 9.17) is 4.74 Å². The monoisotopic (exact) mass is 509 g/mol. The van der Waals surface area contributed by atoms with E-state index < -0.39 is 23.4 Å². The molecule has 4 aromatic rings. The normalized spacial score (nSPS) is 13.0. The molecule has 1 N–H and O–H groups in total. The van der Waals surface area contributed by atoms with Crippen LogP contribution in [-0.2, 0) is 30.7 Å². The first kappa shape index (κ1) is 24.4. The largest absolute Gasteiger partial charge is 0.496 e. The Morgan fingerprint density at radius 2 is 1.86 bits per heavy atom. The lowest BCUT2D eigenvalue weighted by Gasteiger charge is -2.29. The van der Waals surface area contributed by atoms with Gasteiger partial charge in [0.15, 0.2) is 11.6 Å². The molecule has 190 valence electrons. The van der Waals surface area contributed by atoms with Gasteiger partial charge in [-0.05, 0) is 47.9 Å². The Bertz CT molecular complexity index is 1550. The molecule has 1 amide bonds. The summed E-state index contributed by atoms with van der Waals surface area (Å²) in [6.07, 6.45) is 2.17. The number of methoxy groups -OCH3 is 1. The summed E-state index contributed by atoms with van der Waals surface area (Å²) in [5.74, 6) is -4.41. The van der Waals surface area contributed by atoms with Gasteiger partial charge in [-0.1, -0.05) is 6.07 Å². The van der Waals surface area contributed by atoms with Crippen molar-refractivity contribution >= 4 is 22.9 Å². The molecule has 0 fully saturated rings. The molecule has 7 nitrogen and oxygen atoms in total. The number of carbonyl (C=O) groups is 2. The van der Waals surface area contributed by atoms with Crippen molar-refractivity contribution in [3.63, 3.8) is 0 Å². The number of fused-ring (bicyclic) bond motifs is 3. The fraction of sp³-hybridized carbons (Fsp3) is 0.222. The van der Waals surface area contributed by atoms with Gasteiger partial charge in [-0.2, -0.15) is 0 Å². The second-order valence-electron chi connectivity index (χ2n) is 8.83. The summed E-state index contributed by atoms with van der Waals surface area (Å²) < 4.78 is 48.7. The van der Waals surface area contributed by atoms with Crippen LogP contribution in [0.2, 0.25) is 0 Å². The maximum absolute atomic E-state index is 14.5. The minimum atomic E-state index is -1.26. The average molecular weight is 509 g/mol. The topological polar surface area (TPSA) is 84.7 Å². The van der Waals surface area contributed by atoms with E-state index in [-0.39, 0.29) is 42.3 Å². The van der Waals surface area contributed by atoms with Crippen molar-refractivity contribution in [1.82, 2.24) is 14.5 Å². The number of rotatable bonds is 6. The highest BCUT2D eigenvalue weighted by Gasteiger charge is 2.28. The predicted molar refractivity (Wildman–Crippen MR) is 128 cm³/mol. The Labute approximate surface area is 209 Å². The van der Waals surface area contributed by atoms with E-state index in [1.807, 2.05) is 6.07 Å². The van der Waals surface area contributed by atoms with Gasteiger partial charge in [0.05, 0.1) is 26.6 Å². The number of amides is 1. The number of halogens is 3. The van der Waals surface area contributed by atoms with Gasteiger partial charge in [0.1, 0.15) is 22.8 Å². The summed E-state index contributed by atoms with van der Waals surface area (Å²) in [7, 11) is 1.36. The SMILES string of the molecule is COc1cc(CC(=O)N2CCc3c(n(Cc4cc(F)c(F)cc4F)c4ncccc34)C2)ccc1C(=O)O. The second kappa shape index (κ2) is 9.61. The molecule has 10 heteroatoms. The highest BCUT2D eigenvalue weighted by Crippen LogP contribution is 2.31. The molecule has 0 saturated heterocycles. The number of nitrogens with zero attached hydrogens (tertiary/aromatic N) is 3. The lowest BCUT2D eigenvalue weighted by molar-refractivity contribution is -0.131. The molecule has 1 aliphatic rings. The summed E-state index contributed by atoms with van der Waals surface area (Å²) in [5, 5.41) is 10.1. The molecule has 0 saturated carbocycles. The molecule has 0 radical (unpaired) electrons. The number of pyridine rings is 1. The number of aromatic nitrogens is 2. The van der Waals surface area contributed by atoms with Crippen molar-refractivity contribution in [3.05, 3.63) is 94.1 Å². The Balaban J connectivity index is 1.45. The molecular formula is C27H22F3N3O4. The first-order chi connectivity index (χ1) is 17.8. The van der Waals surface area contributed by atoms with E-state index in [2.05, 4.69) is 4.98 Å². The molecule has 0 spiro atoms. The van der Waals surface area contributed by atoms with Crippen molar-refractivity contribution < 1.29 is 32.6 Å².